The number of hydrogen-bond donors (Lipinski definition) is 1. The Kier molecular flexibility index (Phi) is 8.51. The van der Waals surface area contributed by atoms with Gasteiger partial charge in [-0.15, -0.1) is 11.3 Å². The van der Waals surface area contributed by atoms with Gasteiger partial charge in [0.15, 0.2) is 0 Å². The second kappa shape index (κ2) is 8.75. The van der Waals surface area contributed by atoms with Crippen LogP contribution in [0.2, 0.25) is 0 Å². The summed E-state index contributed by atoms with van der Waals surface area (Å²) in [6, 6.07) is 4.02. The zero-order valence-corrected chi connectivity index (χ0v) is 8.73. The number of hydrogen-bond acceptors (Lipinski definition) is 2. The van der Waals surface area contributed by atoms with Crippen molar-refractivity contribution in [1.82, 2.24) is 0 Å². The lowest BCUT2D eigenvalue weighted by atomic mass is 10.4. The van der Waals surface area contributed by atoms with Crippen LogP contribution < -0.4 is 0 Å². The lowest BCUT2D eigenvalue weighted by Crippen LogP contribution is -1.84. The van der Waals surface area contributed by atoms with Crippen LogP contribution in [-0.4, -0.2) is 11.7 Å². The Hall–Kier alpha value is -0.340. The van der Waals surface area contributed by atoms with Crippen molar-refractivity contribution in [3.8, 4) is 0 Å². The predicted octanol–water partition coefficient (Wildman–Crippen LogP) is 3.09. The number of aliphatic hydroxyl groups excluding tert-OH is 1. The van der Waals surface area contributed by atoms with Crippen LogP contribution in [0, 0.1) is 0 Å². The lowest BCUT2D eigenvalue weighted by molar-refractivity contribution is 0.300. The van der Waals surface area contributed by atoms with Gasteiger partial charge in [-0.3, -0.25) is 0 Å². The van der Waals surface area contributed by atoms with E-state index >= 15 is 0 Å². The van der Waals surface area contributed by atoms with E-state index in [1.54, 1.807) is 11.3 Å². The molecule has 0 amide bonds. The summed E-state index contributed by atoms with van der Waals surface area (Å²) in [4.78, 5) is 1.26. The predicted molar refractivity (Wildman–Crippen MR) is 55.7 cm³/mol. The normalized spacial score (nSPS) is 8.92. The van der Waals surface area contributed by atoms with Gasteiger partial charge in [-0.2, -0.15) is 0 Å². The van der Waals surface area contributed by atoms with Gasteiger partial charge in [0.25, 0.3) is 0 Å². The molecule has 2 heteroatoms. The Morgan fingerprint density at radius 3 is 2.33 bits per heavy atom. The van der Waals surface area contributed by atoms with Crippen molar-refractivity contribution in [2.24, 2.45) is 0 Å². The molecular weight excluding hydrogens is 168 g/mol. The van der Waals surface area contributed by atoms with Gasteiger partial charge < -0.3 is 5.11 Å². The van der Waals surface area contributed by atoms with Crippen molar-refractivity contribution in [2.75, 3.05) is 6.61 Å². The SMILES string of the molecule is CCCC.OCCc1cccs1. The van der Waals surface area contributed by atoms with Crippen LogP contribution >= 0.6 is 11.3 Å². The Morgan fingerprint density at radius 1 is 1.33 bits per heavy atom. The standard InChI is InChI=1S/C6H8OS.C4H10/c7-4-3-6-2-1-5-8-6;1-3-4-2/h1-2,5,7H,3-4H2;3-4H2,1-2H3. The molecular formula is C10H18OS. The zero-order valence-electron chi connectivity index (χ0n) is 7.92. The highest BCUT2D eigenvalue weighted by atomic mass is 32.1. The molecule has 0 unspecified atom stereocenters. The third-order valence-electron chi connectivity index (χ3n) is 1.44. The Morgan fingerprint density at radius 2 is 2.00 bits per heavy atom. The highest BCUT2D eigenvalue weighted by Crippen LogP contribution is 2.07. The Labute approximate surface area is 79.1 Å². The molecule has 12 heavy (non-hydrogen) atoms. The van der Waals surface area contributed by atoms with Crippen molar-refractivity contribution < 1.29 is 5.11 Å². The highest BCUT2D eigenvalue weighted by molar-refractivity contribution is 7.09. The molecule has 1 rings (SSSR count). The van der Waals surface area contributed by atoms with Gasteiger partial charge in [0.05, 0.1) is 0 Å². The number of thiophene rings is 1. The molecule has 0 aliphatic heterocycles. The van der Waals surface area contributed by atoms with Crippen LogP contribution in [-0.2, 0) is 6.42 Å². The van der Waals surface area contributed by atoms with Gasteiger partial charge >= 0.3 is 0 Å². The van der Waals surface area contributed by atoms with Crippen molar-refractivity contribution in [1.29, 1.82) is 0 Å². The summed E-state index contributed by atoms with van der Waals surface area (Å²) in [5.74, 6) is 0. The summed E-state index contributed by atoms with van der Waals surface area (Å²) >= 11 is 1.69. The molecule has 70 valence electrons. The fourth-order valence-corrected chi connectivity index (χ4v) is 1.26. The summed E-state index contributed by atoms with van der Waals surface area (Å²) in [6.07, 6.45) is 3.44. The average Bonchev–Trinajstić information content (AvgIpc) is 2.58. The molecule has 0 spiro atoms. The van der Waals surface area contributed by atoms with Gasteiger partial charge in [-0.1, -0.05) is 32.8 Å². The first-order valence-electron chi connectivity index (χ1n) is 4.48. The summed E-state index contributed by atoms with van der Waals surface area (Å²) < 4.78 is 0. The van der Waals surface area contributed by atoms with Crippen LogP contribution in [0.1, 0.15) is 31.6 Å². The van der Waals surface area contributed by atoms with E-state index in [2.05, 4.69) is 13.8 Å². The number of aliphatic hydroxyl groups is 1. The maximum atomic E-state index is 8.44. The molecule has 0 aliphatic carbocycles. The van der Waals surface area contributed by atoms with Gasteiger partial charge in [0.1, 0.15) is 0 Å². The molecule has 0 fully saturated rings. The number of unbranched alkanes of at least 4 members (excludes halogenated alkanes) is 1. The smallest absolute Gasteiger partial charge is 0.0479 e. The van der Waals surface area contributed by atoms with Crippen molar-refractivity contribution in [3.63, 3.8) is 0 Å². The molecule has 0 aromatic carbocycles. The fourth-order valence-electron chi connectivity index (χ4n) is 0.565. The van der Waals surface area contributed by atoms with E-state index in [1.165, 1.54) is 17.7 Å². The summed E-state index contributed by atoms with van der Waals surface area (Å²) in [5.41, 5.74) is 0. The molecule has 1 aromatic rings. The first-order chi connectivity index (χ1) is 5.85. The molecule has 0 radical (unpaired) electrons. The van der Waals surface area contributed by atoms with Gasteiger partial charge in [-0.25, -0.2) is 0 Å². The van der Waals surface area contributed by atoms with Crippen LogP contribution in [0.5, 0.6) is 0 Å². The third-order valence-corrected chi connectivity index (χ3v) is 2.37. The van der Waals surface area contributed by atoms with Crippen LogP contribution in [0.15, 0.2) is 17.5 Å². The first-order valence-corrected chi connectivity index (χ1v) is 5.36. The quantitative estimate of drug-likeness (QED) is 0.769. The molecule has 0 saturated carbocycles. The van der Waals surface area contributed by atoms with Crippen LogP contribution in [0.25, 0.3) is 0 Å². The maximum Gasteiger partial charge on any atom is 0.0479 e. The topological polar surface area (TPSA) is 20.2 Å². The summed E-state index contributed by atoms with van der Waals surface area (Å²) in [7, 11) is 0. The Balaban J connectivity index is 0.000000261. The minimum absolute atomic E-state index is 0.264. The van der Waals surface area contributed by atoms with E-state index < -0.39 is 0 Å². The minimum Gasteiger partial charge on any atom is -0.396 e. The van der Waals surface area contributed by atoms with Gasteiger partial charge in [0.2, 0.25) is 0 Å². The highest BCUT2D eigenvalue weighted by Gasteiger charge is 1.87. The van der Waals surface area contributed by atoms with Crippen molar-refractivity contribution in [3.05, 3.63) is 22.4 Å². The minimum atomic E-state index is 0.264. The van der Waals surface area contributed by atoms with E-state index in [4.69, 9.17) is 5.11 Å². The molecule has 0 aliphatic rings. The van der Waals surface area contributed by atoms with E-state index in [-0.39, 0.29) is 6.61 Å². The molecule has 0 saturated heterocycles. The molecule has 1 aromatic heterocycles. The van der Waals surface area contributed by atoms with Gasteiger partial charge in [0, 0.05) is 17.9 Å². The summed E-state index contributed by atoms with van der Waals surface area (Å²) in [5, 5.41) is 10.5. The van der Waals surface area contributed by atoms with E-state index in [9.17, 15) is 0 Å². The second-order valence-electron chi connectivity index (χ2n) is 2.55. The van der Waals surface area contributed by atoms with Crippen molar-refractivity contribution >= 4 is 11.3 Å². The molecule has 0 bridgehead atoms. The van der Waals surface area contributed by atoms with Crippen LogP contribution in [0.4, 0.5) is 0 Å². The first kappa shape index (κ1) is 11.7. The third kappa shape index (κ3) is 6.38. The largest absolute Gasteiger partial charge is 0.396 e. The second-order valence-corrected chi connectivity index (χ2v) is 3.59. The molecule has 1 heterocycles. The monoisotopic (exact) mass is 186 g/mol. The summed E-state index contributed by atoms with van der Waals surface area (Å²) in [6.45, 7) is 4.63. The zero-order chi connectivity index (χ0) is 9.23. The fraction of sp³-hybridized carbons (Fsp3) is 0.600. The van der Waals surface area contributed by atoms with E-state index in [0.29, 0.717) is 0 Å². The van der Waals surface area contributed by atoms with Crippen molar-refractivity contribution in [2.45, 2.75) is 33.1 Å². The molecule has 0 atom stereocenters. The number of rotatable bonds is 3. The Bertz CT molecular complexity index is 156. The van der Waals surface area contributed by atoms with Gasteiger partial charge in [-0.05, 0) is 11.4 Å². The van der Waals surface area contributed by atoms with E-state index in [1.807, 2.05) is 17.5 Å². The lowest BCUT2D eigenvalue weighted by Gasteiger charge is -1.85. The molecule has 1 nitrogen and oxygen atoms in total. The molecule has 1 N–H and O–H groups in total. The van der Waals surface area contributed by atoms with E-state index in [0.717, 1.165) is 6.42 Å². The maximum absolute atomic E-state index is 8.44. The van der Waals surface area contributed by atoms with Crippen LogP contribution in [0.3, 0.4) is 0 Å². The average molecular weight is 186 g/mol.